The molecule has 0 saturated heterocycles. The third kappa shape index (κ3) is 3.61. The first-order valence-corrected chi connectivity index (χ1v) is 6.66. The number of halogens is 2. The van der Waals surface area contributed by atoms with Crippen molar-refractivity contribution >= 4 is 34.9 Å². The van der Waals surface area contributed by atoms with Crippen LogP contribution in [-0.2, 0) is 16.0 Å². The Bertz CT molecular complexity index is 543. The number of esters is 1. The second kappa shape index (κ2) is 6.41. The summed E-state index contributed by atoms with van der Waals surface area (Å²) in [6.45, 7) is 3.42. The number of hydrogen-bond donors (Lipinski definition) is 0. The molecule has 1 aromatic rings. The number of nitro groups is 1. The first-order valence-electron chi connectivity index (χ1n) is 5.90. The molecule has 0 radical (unpaired) electrons. The van der Waals surface area contributed by atoms with Gasteiger partial charge in [0.1, 0.15) is 0 Å². The summed E-state index contributed by atoms with van der Waals surface area (Å²) in [6.07, 6.45) is 0.623. The fourth-order valence-electron chi connectivity index (χ4n) is 1.81. The molecular formula is C13H15Cl2NO4. The molecule has 1 aromatic carbocycles. The van der Waals surface area contributed by atoms with E-state index in [-0.39, 0.29) is 28.1 Å². The number of nitro benzene ring substituents is 1. The van der Waals surface area contributed by atoms with Gasteiger partial charge in [0.25, 0.3) is 5.69 Å². The molecule has 0 N–H and O–H groups in total. The van der Waals surface area contributed by atoms with Crippen LogP contribution in [0.2, 0.25) is 10.0 Å². The summed E-state index contributed by atoms with van der Waals surface area (Å²) in [5.74, 6) is -0.377. The van der Waals surface area contributed by atoms with Crippen LogP contribution in [0.15, 0.2) is 12.1 Å². The third-order valence-corrected chi connectivity index (χ3v) is 3.95. The number of benzene rings is 1. The van der Waals surface area contributed by atoms with E-state index in [2.05, 4.69) is 0 Å². The number of carbonyl (C=O) groups excluding carboxylic acids is 1. The highest BCUT2D eigenvalue weighted by Gasteiger charge is 2.30. The van der Waals surface area contributed by atoms with Gasteiger partial charge in [-0.15, -0.1) is 0 Å². The normalized spacial score (nSPS) is 11.2. The maximum atomic E-state index is 11.6. The Kier molecular flexibility index (Phi) is 5.36. The lowest BCUT2D eigenvalue weighted by Crippen LogP contribution is -2.26. The van der Waals surface area contributed by atoms with Crippen molar-refractivity contribution in [3.63, 3.8) is 0 Å². The monoisotopic (exact) mass is 319 g/mol. The standard InChI is InChI=1S/C13H15Cl2NO4/c1-13(2,12(17)20-3)7-6-8-10(16(18)19)5-4-9(14)11(8)15/h4-5H,6-7H2,1-3H3. The minimum absolute atomic E-state index is 0.0972. The van der Waals surface area contributed by atoms with Gasteiger partial charge < -0.3 is 4.74 Å². The molecule has 0 amide bonds. The SMILES string of the molecule is COC(=O)C(C)(C)CCc1c([N+](=O)[O-])ccc(Cl)c1Cl. The summed E-state index contributed by atoms with van der Waals surface area (Å²) in [5, 5.41) is 11.4. The Hall–Kier alpha value is -1.33. The molecule has 0 fully saturated rings. The summed E-state index contributed by atoms with van der Waals surface area (Å²) in [6, 6.07) is 2.70. The zero-order valence-corrected chi connectivity index (χ0v) is 12.9. The quantitative estimate of drug-likeness (QED) is 0.466. The number of hydrogen-bond acceptors (Lipinski definition) is 4. The van der Waals surface area contributed by atoms with Crippen molar-refractivity contribution in [3.05, 3.63) is 37.9 Å². The summed E-state index contributed by atoms with van der Waals surface area (Å²) in [5.41, 5.74) is -0.518. The average Bonchev–Trinajstić information content (AvgIpc) is 2.38. The van der Waals surface area contributed by atoms with E-state index in [1.54, 1.807) is 13.8 Å². The van der Waals surface area contributed by atoms with E-state index in [1.165, 1.54) is 19.2 Å². The molecule has 20 heavy (non-hydrogen) atoms. The van der Waals surface area contributed by atoms with Crippen LogP contribution in [0.1, 0.15) is 25.8 Å². The molecule has 1 rings (SSSR count). The van der Waals surface area contributed by atoms with Gasteiger partial charge in [0.15, 0.2) is 0 Å². The zero-order valence-electron chi connectivity index (χ0n) is 11.4. The van der Waals surface area contributed by atoms with Crippen molar-refractivity contribution in [3.8, 4) is 0 Å². The molecule has 0 spiro atoms. The highest BCUT2D eigenvalue weighted by atomic mass is 35.5. The van der Waals surface area contributed by atoms with Gasteiger partial charge >= 0.3 is 5.97 Å². The first-order chi connectivity index (χ1) is 9.20. The van der Waals surface area contributed by atoms with E-state index >= 15 is 0 Å². The molecule has 110 valence electrons. The van der Waals surface area contributed by atoms with Crippen molar-refractivity contribution < 1.29 is 14.5 Å². The number of rotatable bonds is 5. The van der Waals surface area contributed by atoms with Gasteiger partial charge in [-0.2, -0.15) is 0 Å². The average molecular weight is 320 g/mol. The van der Waals surface area contributed by atoms with Crippen molar-refractivity contribution in [1.82, 2.24) is 0 Å². The minimum Gasteiger partial charge on any atom is -0.469 e. The molecule has 0 aliphatic heterocycles. The number of nitrogens with zero attached hydrogens (tertiary/aromatic N) is 1. The maximum absolute atomic E-state index is 11.6. The summed E-state index contributed by atoms with van der Waals surface area (Å²) in [7, 11) is 1.30. The molecule has 0 aliphatic rings. The van der Waals surface area contributed by atoms with Crippen LogP contribution in [-0.4, -0.2) is 18.0 Å². The van der Waals surface area contributed by atoms with Gasteiger partial charge in [-0.05, 0) is 32.8 Å². The molecule has 0 aliphatic carbocycles. The fourth-order valence-corrected chi connectivity index (χ4v) is 2.24. The first kappa shape index (κ1) is 16.7. The van der Waals surface area contributed by atoms with E-state index in [0.717, 1.165) is 0 Å². The van der Waals surface area contributed by atoms with Crippen LogP contribution in [0.3, 0.4) is 0 Å². The smallest absolute Gasteiger partial charge is 0.311 e. The molecule has 0 atom stereocenters. The van der Waals surface area contributed by atoms with E-state index in [9.17, 15) is 14.9 Å². The second-order valence-corrected chi connectivity index (χ2v) is 5.78. The van der Waals surface area contributed by atoms with E-state index in [1.807, 2.05) is 0 Å². The van der Waals surface area contributed by atoms with Gasteiger partial charge in [0.2, 0.25) is 0 Å². The van der Waals surface area contributed by atoms with E-state index < -0.39 is 10.3 Å². The maximum Gasteiger partial charge on any atom is 0.311 e. The predicted octanol–water partition coefficient (Wildman–Crippen LogP) is 4.03. The lowest BCUT2D eigenvalue weighted by molar-refractivity contribution is -0.385. The molecule has 5 nitrogen and oxygen atoms in total. The number of methoxy groups -OCH3 is 1. The predicted molar refractivity (Wildman–Crippen MR) is 77.2 cm³/mol. The van der Waals surface area contributed by atoms with Crippen LogP contribution >= 0.6 is 23.2 Å². The number of ether oxygens (including phenoxy) is 1. The second-order valence-electron chi connectivity index (χ2n) is 4.99. The van der Waals surface area contributed by atoms with E-state index in [0.29, 0.717) is 12.0 Å². The van der Waals surface area contributed by atoms with Gasteiger partial charge in [-0.3, -0.25) is 14.9 Å². The van der Waals surface area contributed by atoms with Crippen molar-refractivity contribution in [2.45, 2.75) is 26.7 Å². The molecule has 0 aromatic heterocycles. The Morgan fingerprint density at radius 3 is 2.50 bits per heavy atom. The van der Waals surface area contributed by atoms with Crippen molar-refractivity contribution in [2.24, 2.45) is 5.41 Å². The minimum atomic E-state index is -0.756. The van der Waals surface area contributed by atoms with Gasteiger partial charge in [-0.25, -0.2) is 0 Å². The molecule has 0 unspecified atom stereocenters. The highest BCUT2D eigenvalue weighted by molar-refractivity contribution is 6.42. The Labute approximate surface area is 127 Å². The molecule has 0 heterocycles. The Morgan fingerprint density at radius 1 is 1.40 bits per heavy atom. The molecule has 7 heteroatoms. The summed E-state index contributed by atoms with van der Waals surface area (Å²) < 4.78 is 4.70. The van der Waals surface area contributed by atoms with Crippen molar-refractivity contribution in [1.29, 1.82) is 0 Å². The van der Waals surface area contributed by atoms with Crippen LogP contribution in [0.5, 0.6) is 0 Å². The van der Waals surface area contributed by atoms with Crippen molar-refractivity contribution in [2.75, 3.05) is 7.11 Å². The van der Waals surface area contributed by atoms with Gasteiger partial charge in [-0.1, -0.05) is 23.2 Å². The molecule has 0 bridgehead atoms. The number of carbonyl (C=O) groups is 1. The Balaban J connectivity index is 3.06. The van der Waals surface area contributed by atoms with Crippen LogP contribution in [0.25, 0.3) is 0 Å². The Morgan fingerprint density at radius 2 is 2.00 bits per heavy atom. The van der Waals surface area contributed by atoms with E-state index in [4.69, 9.17) is 27.9 Å². The zero-order chi connectivity index (χ0) is 15.5. The lowest BCUT2D eigenvalue weighted by atomic mass is 9.86. The largest absolute Gasteiger partial charge is 0.469 e. The third-order valence-electron chi connectivity index (χ3n) is 3.11. The lowest BCUT2D eigenvalue weighted by Gasteiger charge is -2.21. The van der Waals surface area contributed by atoms with Crippen LogP contribution in [0, 0.1) is 15.5 Å². The molecule has 0 saturated carbocycles. The van der Waals surface area contributed by atoms with Gasteiger partial charge in [0, 0.05) is 11.6 Å². The molecular weight excluding hydrogens is 305 g/mol. The fraction of sp³-hybridized carbons (Fsp3) is 0.462. The van der Waals surface area contributed by atoms with Crippen LogP contribution < -0.4 is 0 Å². The highest BCUT2D eigenvalue weighted by Crippen LogP contribution is 2.36. The van der Waals surface area contributed by atoms with Crippen LogP contribution in [0.4, 0.5) is 5.69 Å². The summed E-state index contributed by atoms with van der Waals surface area (Å²) in [4.78, 5) is 22.1. The summed E-state index contributed by atoms with van der Waals surface area (Å²) >= 11 is 11.9. The van der Waals surface area contributed by atoms with Gasteiger partial charge in [0.05, 0.1) is 27.5 Å². The topological polar surface area (TPSA) is 69.4 Å².